The van der Waals surface area contributed by atoms with Crippen molar-refractivity contribution < 1.29 is 13.2 Å². The van der Waals surface area contributed by atoms with Crippen molar-refractivity contribution in [3.05, 3.63) is 53.9 Å². The van der Waals surface area contributed by atoms with Crippen LogP contribution in [0.2, 0.25) is 0 Å². The van der Waals surface area contributed by atoms with Crippen molar-refractivity contribution in [2.45, 2.75) is 13.1 Å². The predicted molar refractivity (Wildman–Crippen MR) is 68.2 cm³/mol. The van der Waals surface area contributed by atoms with Crippen molar-refractivity contribution in [2.24, 2.45) is 0 Å². The summed E-state index contributed by atoms with van der Waals surface area (Å²) >= 11 is 0. The van der Waals surface area contributed by atoms with Crippen LogP contribution in [0, 0.1) is 6.92 Å². The molecule has 0 aliphatic heterocycles. The smallest absolute Gasteiger partial charge is 0.237 e. The summed E-state index contributed by atoms with van der Waals surface area (Å²) in [5.41, 5.74) is 1.87. The summed E-state index contributed by atoms with van der Waals surface area (Å²) in [6.45, 7) is 1.85. The fourth-order valence-corrected chi connectivity index (χ4v) is 2.08. The molecule has 1 aromatic carbocycles. The Bertz CT molecular complexity index is 775. The van der Waals surface area contributed by atoms with Gasteiger partial charge in [-0.1, -0.05) is 12.1 Å². The van der Waals surface area contributed by atoms with Crippen molar-refractivity contribution in [3.63, 3.8) is 0 Å². The molecule has 2 heterocycles. The lowest BCUT2D eigenvalue weighted by Gasteiger charge is -2.09. The minimum Gasteiger partial charge on any atom is -0.237 e. The summed E-state index contributed by atoms with van der Waals surface area (Å²) in [4.78, 5) is 4.18. The van der Waals surface area contributed by atoms with Crippen molar-refractivity contribution >= 4 is 5.65 Å². The Morgan fingerprint density at radius 3 is 2.70 bits per heavy atom. The zero-order valence-electron chi connectivity index (χ0n) is 10.5. The van der Waals surface area contributed by atoms with Crippen LogP contribution in [-0.2, 0) is 6.18 Å². The summed E-state index contributed by atoms with van der Waals surface area (Å²) in [5, 5.41) is 4.16. The Morgan fingerprint density at radius 2 is 1.95 bits per heavy atom. The number of hydrogen-bond donors (Lipinski definition) is 0. The highest BCUT2D eigenvalue weighted by Crippen LogP contribution is 2.32. The van der Waals surface area contributed by atoms with Gasteiger partial charge in [0.1, 0.15) is 0 Å². The second-order valence-corrected chi connectivity index (χ2v) is 4.47. The molecular formula is C14H10F3N3. The van der Waals surface area contributed by atoms with Gasteiger partial charge in [0.15, 0.2) is 5.65 Å². The van der Waals surface area contributed by atoms with Gasteiger partial charge < -0.3 is 0 Å². The summed E-state index contributed by atoms with van der Waals surface area (Å²) < 4.78 is 39.8. The first-order chi connectivity index (χ1) is 9.47. The predicted octanol–water partition coefficient (Wildman–Crippen LogP) is 3.72. The number of rotatable bonds is 1. The Morgan fingerprint density at radius 1 is 1.15 bits per heavy atom. The van der Waals surface area contributed by atoms with E-state index in [0.717, 1.165) is 17.7 Å². The molecule has 0 saturated heterocycles. The highest BCUT2D eigenvalue weighted by atomic mass is 19.4. The molecule has 3 aromatic rings. The summed E-state index contributed by atoms with van der Waals surface area (Å²) in [7, 11) is 0. The molecule has 0 aliphatic rings. The molecule has 3 nitrogen and oxygen atoms in total. The van der Waals surface area contributed by atoms with E-state index >= 15 is 0 Å². The monoisotopic (exact) mass is 277 g/mol. The average Bonchev–Trinajstić information content (AvgIpc) is 2.80. The van der Waals surface area contributed by atoms with Gasteiger partial charge in [0.2, 0.25) is 0 Å². The Hall–Kier alpha value is -2.37. The van der Waals surface area contributed by atoms with Crippen LogP contribution in [0.3, 0.4) is 0 Å². The zero-order chi connectivity index (χ0) is 14.3. The molecule has 20 heavy (non-hydrogen) atoms. The summed E-state index contributed by atoms with van der Waals surface area (Å²) in [6.07, 6.45) is -1.15. The standard InChI is InChI=1S/C14H10F3N3/c1-9-8-19-20-12(5-6-18-13(9)20)10-3-2-4-11(7-10)14(15,16)17/h2-8H,1H3. The van der Waals surface area contributed by atoms with Crippen LogP contribution in [0.4, 0.5) is 13.2 Å². The van der Waals surface area contributed by atoms with E-state index in [9.17, 15) is 13.2 Å². The van der Waals surface area contributed by atoms with Crippen molar-refractivity contribution in [3.8, 4) is 11.3 Å². The van der Waals surface area contributed by atoms with Crippen LogP contribution in [0.1, 0.15) is 11.1 Å². The van der Waals surface area contributed by atoms with Gasteiger partial charge in [-0.2, -0.15) is 18.3 Å². The normalized spacial score (nSPS) is 12.0. The van der Waals surface area contributed by atoms with E-state index < -0.39 is 11.7 Å². The molecule has 0 fully saturated rings. The number of fused-ring (bicyclic) bond motifs is 1. The molecule has 0 amide bonds. The van der Waals surface area contributed by atoms with E-state index in [1.165, 1.54) is 6.07 Å². The molecule has 0 N–H and O–H groups in total. The van der Waals surface area contributed by atoms with Crippen LogP contribution >= 0.6 is 0 Å². The number of halogens is 3. The van der Waals surface area contributed by atoms with Crippen LogP contribution < -0.4 is 0 Å². The molecule has 2 aromatic heterocycles. The fourth-order valence-electron chi connectivity index (χ4n) is 2.08. The first-order valence-electron chi connectivity index (χ1n) is 5.94. The third-order valence-electron chi connectivity index (χ3n) is 3.06. The van der Waals surface area contributed by atoms with Crippen LogP contribution in [0.5, 0.6) is 0 Å². The molecule has 0 radical (unpaired) electrons. The highest BCUT2D eigenvalue weighted by Gasteiger charge is 2.30. The lowest BCUT2D eigenvalue weighted by molar-refractivity contribution is -0.137. The SMILES string of the molecule is Cc1cnn2c(-c3cccc(C(F)(F)F)c3)ccnc12. The number of nitrogens with zero attached hydrogens (tertiary/aromatic N) is 3. The summed E-state index contributed by atoms with van der Waals surface area (Å²) in [5.74, 6) is 0. The van der Waals surface area contributed by atoms with Crippen molar-refractivity contribution in [1.82, 2.24) is 14.6 Å². The minimum absolute atomic E-state index is 0.454. The second-order valence-electron chi connectivity index (χ2n) is 4.47. The van der Waals surface area contributed by atoms with Gasteiger partial charge in [-0.25, -0.2) is 9.50 Å². The number of aryl methyl sites for hydroxylation is 1. The molecule has 0 saturated carbocycles. The van der Waals surface area contributed by atoms with E-state index in [-0.39, 0.29) is 0 Å². The van der Waals surface area contributed by atoms with Gasteiger partial charge in [-0.15, -0.1) is 0 Å². The van der Waals surface area contributed by atoms with Crippen molar-refractivity contribution in [1.29, 1.82) is 0 Å². The number of aromatic nitrogens is 3. The maximum absolute atomic E-state index is 12.8. The Balaban J connectivity index is 2.21. The molecule has 0 spiro atoms. The maximum atomic E-state index is 12.8. The van der Waals surface area contributed by atoms with Crippen LogP contribution in [0.25, 0.3) is 16.9 Å². The lowest BCUT2D eigenvalue weighted by atomic mass is 10.1. The summed E-state index contributed by atoms with van der Waals surface area (Å²) in [6, 6.07) is 6.83. The molecule has 0 aliphatic carbocycles. The average molecular weight is 277 g/mol. The Labute approximate surface area is 112 Å². The topological polar surface area (TPSA) is 30.2 Å². The third kappa shape index (κ3) is 2.03. The molecule has 0 unspecified atom stereocenters. The van der Waals surface area contributed by atoms with Gasteiger partial charge in [0.25, 0.3) is 0 Å². The highest BCUT2D eigenvalue weighted by molar-refractivity contribution is 5.64. The molecule has 102 valence electrons. The number of hydrogen-bond acceptors (Lipinski definition) is 2. The third-order valence-corrected chi connectivity index (χ3v) is 3.06. The minimum atomic E-state index is -4.36. The number of benzene rings is 1. The zero-order valence-corrected chi connectivity index (χ0v) is 10.5. The van der Waals surface area contributed by atoms with E-state index in [4.69, 9.17) is 0 Å². The van der Waals surface area contributed by atoms with Gasteiger partial charge >= 0.3 is 6.18 Å². The number of alkyl halides is 3. The van der Waals surface area contributed by atoms with Gasteiger partial charge in [-0.3, -0.25) is 0 Å². The second kappa shape index (κ2) is 4.33. The Kier molecular flexibility index (Phi) is 2.74. The largest absolute Gasteiger partial charge is 0.416 e. The first kappa shape index (κ1) is 12.7. The van der Waals surface area contributed by atoms with Crippen molar-refractivity contribution in [2.75, 3.05) is 0 Å². The quantitative estimate of drug-likeness (QED) is 0.678. The van der Waals surface area contributed by atoms with Gasteiger partial charge in [0, 0.05) is 17.3 Å². The van der Waals surface area contributed by atoms with E-state index in [0.29, 0.717) is 16.9 Å². The first-order valence-corrected chi connectivity index (χ1v) is 5.94. The van der Waals surface area contributed by atoms with Gasteiger partial charge in [0.05, 0.1) is 17.5 Å². The van der Waals surface area contributed by atoms with E-state index in [1.54, 1.807) is 29.0 Å². The molecule has 6 heteroatoms. The van der Waals surface area contributed by atoms with E-state index in [1.807, 2.05) is 6.92 Å². The van der Waals surface area contributed by atoms with Crippen LogP contribution in [0.15, 0.2) is 42.7 Å². The van der Waals surface area contributed by atoms with E-state index in [2.05, 4.69) is 10.1 Å². The van der Waals surface area contributed by atoms with Gasteiger partial charge in [-0.05, 0) is 25.1 Å². The lowest BCUT2D eigenvalue weighted by Crippen LogP contribution is -2.05. The molecule has 0 bridgehead atoms. The fraction of sp³-hybridized carbons (Fsp3) is 0.143. The molecular weight excluding hydrogens is 267 g/mol. The maximum Gasteiger partial charge on any atom is 0.416 e. The molecule has 3 rings (SSSR count). The van der Waals surface area contributed by atoms with Crippen LogP contribution in [-0.4, -0.2) is 14.6 Å². The molecule has 0 atom stereocenters.